The monoisotopic (exact) mass is 541 g/mol. The van der Waals surface area contributed by atoms with Crippen molar-refractivity contribution in [3.05, 3.63) is 52.0 Å². The molecule has 2 aromatic rings. The molecular weight excluding hydrogens is 512 g/mol. The number of nitrogens with one attached hydrogen (secondary N) is 1. The van der Waals surface area contributed by atoms with Crippen LogP contribution < -0.4 is 25.8 Å². The molecule has 200 valence electrons. The Balaban J connectivity index is 1.50. The Kier molecular flexibility index (Phi) is 6.56. The van der Waals surface area contributed by atoms with Crippen molar-refractivity contribution in [2.75, 3.05) is 26.1 Å². The minimum atomic E-state index is -1.33. The predicted molar refractivity (Wildman–Crippen MR) is 138 cm³/mol. The lowest BCUT2D eigenvalue weighted by molar-refractivity contribution is -0.734. The number of fused-ring (bicyclic) bond motifs is 4. The number of amides is 4. The minimum Gasteiger partial charge on any atom is -0.493 e. The third-order valence-corrected chi connectivity index (χ3v) is 8.54. The summed E-state index contributed by atoms with van der Waals surface area (Å²) in [5.74, 6) is -2.15. The Hall–Kier alpha value is -3.63. The first-order chi connectivity index (χ1) is 18.1. The number of methoxy groups -OCH3 is 2. The molecular formula is C27H30ClN4O6+. The number of likely N-dealkylation sites (tertiary alicyclic amines) is 1. The molecule has 3 aliphatic heterocycles. The van der Waals surface area contributed by atoms with Crippen molar-refractivity contribution in [1.82, 2.24) is 4.90 Å². The molecule has 0 saturated carbocycles. The summed E-state index contributed by atoms with van der Waals surface area (Å²) < 4.78 is 10.7. The van der Waals surface area contributed by atoms with Crippen LogP contribution in [0.25, 0.3) is 0 Å². The number of hydrogen-bond acceptors (Lipinski definition) is 6. The van der Waals surface area contributed by atoms with Crippen molar-refractivity contribution < 1.29 is 34.0 Å². The molecule has 4 amide bonds. The van der Waals surface area contributed by atoms with E-state index in [1.807, 2.05) is 12.1 Å². The first-order valence-electron chi connectivity index (χ1n) is 12.5. The molecule has 0 unspecified atom stereocenters. The number of hydrogen-bond donors (Lipinski definition) is 3. The van der Waals surface area contributed by atoms with Gasteiger partial charge in [-0.15, -0.1) is 0 Å². The van der Waals surface area contributed by atoms with Gasteiger partial charge in [0, 0.05) is 30.0 Å². The highest BCUT2D eigenvalue weighted by molar-refractivity contribution is 6.32. The second-order valence-electron chi connectivity index (χ2n) is 10.0. The highest BCUT2D eigenvalue weighted by atomic mass is 35.5. The third kappa shape index (κ3) is 3.82. The standard InChI is InChI=1S/C27H29ClN4O6/c1-13-16(28)6-5-15-23(13)30-26(36)27(15)22-21(17(31-27)7-9-20(29)33)24(34)32(25(22)35)11-10-14-4-8-18(37-2)19(12-14)38-3/h4-6,8,12,17,21-22,31H,7,9-11H2,1-3H3,(H2,29,33)(H,30,36)/p+1/t17-,21-,22+,27-/m1/s1. The van der Waals surface area contributed by atoms with Gasteiger partial charge >= 0.3 is 0 Å². The van der Waals surface area contributed by atoms with Crippen LogP contribution in [-0.4, -0.2) is 55.3 Å². The molecule has 2 aromatic carbocycles. The van der Waals surface area contributed by atoms with Gasteiger partial charge < -0.3 is 25.8 Å². The maximum Gasteiger partial charge on any atom is 0.291 e. The molecule has 3 heterocycles. The second-order valence-corrected chi connectivity index (χ2v) is 10.4. The van der Waals surface area contributed by atoms with Crippen molar-refractivity contribution in [1.29, 1.82) is 0 Å². The van der Waals surface area contributed by atoms with Gasteiger partial charge in [-0.3, -0.25) is 24.1 Å². The molecule has 5 N–H and O–H groups in total. The fraction of sp³-hybridized carbons (Fsp3) is 0.407. The Bertz CT molecular complexity index is 1360. The zero-order chi connectivity index (χ0) is 27.4. The predicted octanol–water partition coefficient (Wildman–Crippen LogP) is 0.868. The van der Waals surface area contributed by atoms with E-state index >= 15 is 0 Å². The molecule has 0 aromatic heterocycles. The topological polar surface area (TPSA) is 145 Å². The number of halogens is 1. The summed E-state index contributed by atoms with van der Waals surface area (Å²) >= 11 is 6.32. The number of quaternary nitrogens is 1. The van der Waals surface area contributed by atoms with Crippen molar-refractivity contribution in [3.8, 4) is 11.5 Å². The fourth-order valence-corrected chi connectivity index (χ4v) is 6.44. The normalized spacial score (nSPS) is 25.5. The molecule has 2 fully saturated rings. The summed E-state index contributed by atoms with van der Waals surface area (Å²) in [4.78, 5) is 54.2. The molecule has 0 bridgehead atoms. The SMILES string of the molecule is COc1ccc(CCN2C(=O)[C@H]3[C@@H](C2=O)[C@@]2([NH2+][C@@H]3CCC(N)=O)C(=O)Nc3c2ccc(Cl)c3C)cc1OC. The maximum absolute atomic E-state index is 13.9. The number of nitrogens with two attached hydrogens (primary N) is 2. The number of imide groups is 1. The van der Waals surface area contributed by atoms with Gasteiger partial charge in [-0.1, -0.05) is 17.7 Å². The van der Waals surface area contributed by atoms with Crippen molar-refractivity contribution in [3.63, 3.8) is 0 Å². The Morgan fingerprint density at radius 1 is 1.13 bits per heavy atom. The summed E-state index contributed by atoms with van der Waals surface area (Å²) in [5.41, 5.74) is 6.83. The quantitative estimate of drug-likeness (QED) is 0.423. The van der Waals surface area contributed by atoms with Gasteiger partial charge in [-0.2, -0.15) is 0 Å². The van der Waals surface area contributed by atoms with E-state index in [0.717, 1.165) is 5.56 Å². The van der Waals surface area contributed by atoms with Gasteiger partial charge in [0.1, 0.15) is 17.9 Å². The van der Waals surface area contributed by atoms with E-state index in [2.05, 4.69) is 5.32 Å². The Labute approximate surface area is 224 Å². The molecule has 4 atom stereocenters. The van der Waals surface area contributed by atoms with Crippen LogP contribution in [0.1, 0.15) is 29.5 Å². The summed E-state index contributed by atoms with van der Waals surface area (Å²) in [6.45, 7) is 1.95. The third-order valence-electron chi connectivity index (χ3n) is 8.13. The number of carbonyl (C=O) groups excluding carboxylic acids is 4. The number of ether oxygens (including phenoxy) is 2. The van der Waals surface area contributed by atoms with E-state index in [1.165, 1.54) is 12.0 Å². The number of anilines is 1. The number of rotatable bonds is 8. The molecule has 1 spiro atoms. The molecule has 10 nitrogen and oxygen atoms in total. The van der Waals surface area contributed by atoms with Gasteiger partial charge in [-0.05, 0) is 48.7 Å². The van der Waals surface area contributed by atoms with Crippen molar-refractivity contribution >= 4 is 40.9 Å². The molecule has 0 radical (unpaired) electrons. The lowest BCUT2D eigenvalue weighted by Crippen LogP contribution is -2.99. The fourth-order valence-electron chi connectivity index (χ4n) is 6.28. The zero-order valence-corrected chi connectivity index (χ0v) is 22.1. The average molecular weight is 542 g/mol. The molecule has 0 aliphatic carbocycles. The van der Waals surface area contributed by atoms with Crippen LogP contribution in [0.5, 0.6) is 11.5 Å². The van der Waals surface area contributed by atoms with E-state index in [9.17, 15) is 19.2 Å². The van der Waals surface area contributed by atoms with Crippen molar-refractivity contribution in [2.45, 2.75) is 37.8 Å². The maximum atomic E-state index is 13.9. The summed E-state index contributed by atoms with van der Waals surface area (Å²) in [6, 6.07) is 8.41. The van der Waals surface area contributed by atoms with Gasteiger partial charge in [0.25, 0.3) is 5.91 Å². The van der Waals surface area contributed by atoms with Crippen LogP contribution in [-0.2, 0) is 31.1 Å². The molecule has 3 aliphatic rings. The summed E-state index contributed by atoms with van der Waals surface area (Å²) in [7, 11) is 3.09. The van der Waals surface area contributed by atoms with Gasteiger partial charge in [0.15, 0.2) is 11.5 Å². The van der Waals surface area contributed by atoms with E-state index in [4.69, 9.17) is 26.8 Å². The van der Waals surface area contributed by atoms with Gasteiger partial charge in [0.2, 0.25) is 23.3 Å². The molecule has 11 heteroatoms. The summed E-state index contributed by atoms with van der Waals surface area (Å²) in [5, 5.41) is 5.20. The lowest BCUT2D eigenvalue weighted by Gasteiger charge is -2.26. The van der Waals surface area contributed by atoms with Crippen LogP contribution in [0, 0.1) is 18.8 Å². The van der Waals surface area contributed by atoms with Crippen LogP contribution in [0.4, 0.5) is 5.69 Å². The highest BCUT2D eigenvalue weighted by Gasteiger charge is 2.74. The van der Waals surface area contributed by atoms with Crippen LogP contribution >= 0.6 is 11.6 Å². The first-order valence-corrected chi connectivity index (χ1v) is 12.8. The first kappa shape index (κ1) is 26.0. The largest absolute Gasteiger partial charge is 0.493 e. The molecule has 2 saturated heterocycles. The number of nitrogens with zero attached hydrogens (tertiary/aromatic N) is 1. The van der Waals surface area contributed by atoms with E-state index in [-0.39, 0.29) is 31.2 Å². The number of benzene rings is 2. The van der Waals surface area contributed by atoms with E-state index in [0.29, 0.717) is 39.8 Å². The van der Waals surface area contributed by atoms with Crippen LogP contribution in [0.3, 0.4) is 0 Å². The number of primary amides is 1. The minimum absolute atomic E-state index is 0.0434. The van der Waals surface area contributed by atoms with Gasteiger partial charge in [-0.25, -0.2) is 0 Å². The zero-order valence-electron chi connectivity index (χ0n) is 21.4. The van der Waals surface area contributed by atoms with Gasteiger partial charge in [0.05, 0.1) is 19.9 Å². The van der Waals surface area contributed by atoms with E-state index in [1.54, 1.807) is 37.5 Å². The smallest absolute Gasteiger partial charge is 0.291 e. The van der Waals surface area contributed by atoms with Crippen LogP contribution in [0.2, 0.25) is 5.02 Å². The second kappa shape index (κ2) is 9.59. The Morgan fingerprint density at radius 3 is 2.55 bits per heavy atom. The number of carbonyl (C=O) groups is 4. The summed E-state index contributed by atoms with van der Waals surface area (Å²) in [6.07, 6.45) is 0.717. The van der Waals surface area contributed by atoms with Crippen molar-refractivity contribution in [2.24, 2.45) is 17.6 Å². The average Bonchev–Trinajstić information content (AvgIpc) is 3.48. The highest BCUT2D eigenvalue weighted by Crippen LogP contribution is 2.51. The molecule has 38 heavy (non-hydrogen) atoms. The van der Waals surface area contributed by atoms with Crippen LogP contribution in [0.15, 0.2) is 30.3 Å². The molecule has 5 rings (SSSR count). The Morgan fingerprint density at radius 2 is 1.87 bits per heavy atom. The van der Waals surface area contributed by atoms with E-state index < -0.39 is 35.2 Å². The lowest BCUT2D eigenvalue weighted by atomic mass is 9.76.